The predicted octanol–water partition coefficient (Wildman–Crippen LogP) is 2.59. The molecule has 0 fully saturated rings. The van der Waals surface area contributed by atoms with E-state index in [2.05, 4.69) is 0 Å². The molecule has 1 nitrogen and oxygen atoms in total. The second kappa shape index (κ2) is 3.91. The molecule has 0 aliphatic rings. The van der Waals surface area contributed by atoms with Gasteiger partial charge in [0.1, 0.15) is 0 Å². The van der Waals surface area contributed by atoms with E-state index >= 15 is 0 Å². The molecule has 0 aliphatic heterocycles. The standard InChI is InChI=1S/C6H3Cl2FO.Tl/c7-4-1-3(9)2-5(8)6(4)10;/h1-2,10H;/q;+1/p-1. The molecule has 0 bridgehead atoms. The zero-order valence-corrected chi connectivity index (χ0v) is 11.3. The van der Waals surface area contributed by atoms with Crippen molar-refractivity contribution >= 4 is 49.4 Å². The van der Waals surface area contributed by atoms with E-state index in [0.29, 0.717) is 32.0 Å². The van der Waals surface area contributed by atoms with Gasteiger partial charge in [-0.2, -0.15) is 0 Å². The van der Waals surface area contributed by atoms with E-state index in [1.165, 1.54) is 12.1 Å². The van der Waals surface area contributed by atoms with Crippen LogP contribution in [0.15, 0.2) is 12.1 Å². The SMILES string of the molecule is Fc1cc(Cl)c([O][Tl])c(Cl)c1. The van der Waals surface area contributed by atoms with E-state index in [4.69, 9.17) is 25.9 Å². The molecule has 1 aromatic carbocycles. The van der Waals surface area contributed by atoms with Gasteiger partial charge in [-0.3, -0.25) is 0 Å². The van der Waals surface area contributed by atoms with Crippen LogP contribution in [0.3, 0.4) is 0 Å². The van der Waals surface area contributed by atoms with E-state index in [0.717, 1.165) is 0 Å². The van der Waals surface area contributed by atoms with E-state index in [1.54, 1.807) is 0 Å². The number of halogens is 3. The van der Waals surface area contributed by atoms with Gasteiger partial charge in [-0.25, -0.2) is 0 Å². The summed E-state index contributed by atoms with van der Waals surface area (Å²) in [4.78, 5) is 0. The molecule has 0 heterocycles. The molecule has 5 heteroatoms. The van der Waals surface area contributed by atoms with Crippen molar-refractivity contribution in [2.45, 2.75) is 0 Å². The Morgan fingerprint density at radius 2 is 1.73 bits per heavy atom. The Balaban J connectivity index is 3.25. The third-order valence-electron chi connectivity index (χ3n) is 1.08. The van der Waals surface area contributed by atoms with Crippen LogP contribution in [0.2, 0.25) is 10.0 Å². The zero-order chi connectivity index (χ0) is 8.43. The molecule has 0 unspecified atom stereocenters. The van der Waals surface area contributed by atoms with Crippen molar-refractivity contribution in [3.8, 4) is 5.75 Å². The van der Waals surface area contributed by atoms with Crippen LogP contribution in [0.5, 0.6) is 5.75 Å². The van der Waals surface area contributed by atoms with Crippen molar-refractivity contribution in [1.82, 2.24) is 0 Å². The van der Waals surface area contributed by atoms with Gasteiger partial charge in [-0.05, 0) is 0 Å². The van der Waals surface area contributed by atoms with Crippen LogP contribution >= 0.6 is 23.2 Å². The minimum atomic E-state index is -0.453. The van der Waals surface area contributed by atoms with Crippen molar-refractivity contribution in [3.05, 3.63) is 28.0 Å². The molecule has 0 aliphatic carbocycles. The Morgan fingerprint density at radius 1 is 1.27 bits per heavy atom. The summed E-state index contributed by atoms with van der Waals surface area (Å²) in [6.45, 7) is 0. The first-order valence-corrected chi connectivity index (χ1v) is 5.25. The molecule has 0 N–H and O–H groups in total. The third-order valence-corrected chi connectivity index (χ3v) is 2.56. The Labute approximate surface area is 89.8 Å². The summed E-state index contributed by atoms with van der Waals surface area (Å²) < 4.78 is 17.5. The summed E-state index contributed by atoms with van der Waals surface area (Å²) in [6.07, 6.45) is 0. The van der Waals surface area contributed by atoms with Gasteiger partial charge in [0.05, 0.1) is 0 Å². The normalized spacial score (nSPS) is 9.64. The van der Waals surface area contributed by atoms with Crippen LogP contribution in [-0.4, -0.2) is 26.2 Å². The molecule has 0 spiro atoms. The molecular formula is C6H2Cl2FOTl. The van der Waals surface area contributed by atoms with Gasteiger partial charge >= 0.3 is 90.2 Å². The van der Waals surface area contributed by atoms with Gasteiger partial charge < -0.3 is 0 Å². The van der Waals surface area contributed by atoms with E-state index in [-0.39, 0.29) is 10.0 Å². The fraction of sp³-hybridized carbons (Fsp3) is 0. The third kappa shape index (κ3) is 2.19. The Kier molecular flexibility index (Phi) is 3.39. The molecule has 1 aromatic rings. The van der Waals surface area contributed by atoms with E-state index in [9.17, 15) is 4.39 Å². The number of hydrogen-bond acceptors (Lipinski definition) is 1. The molecule has 0 atom stereocenters. The first-order valence-electron chi connectivity index (χ1n) is 2.66. The molecule has 1 rings (SSSR count). The topological polar surface area (TPSA) is 9.23 Å². The maximum absolute atomic E-state index is 12.5. The summed E-state index contributed by atoms with van der Waals surface area (Å²) in [6, 6.07) is 2.34. The van der Waals surface area contributed by atoms with Crippen molar-refractivity contribution in [3.63, 3.8) is 0 Å². The van der Waals surface area contributed by atoms with Gasteiger partial charge in [0, 0.05) is 0 Å². The predicted molar refractivity (Wildman–Crippen MR) is 42.8 cm³/mol. The van der Waals surface area contributed by atoms with Crippen molar-refractivity contribution in [2.75, 3.05) is 0 Å². The summed E-state index contributed by atoms with van der Waals surface area (Å²) in [7, 11) is 0. The van der Waals surface area contributed by atoms with Crippen molar-refractivity contribution in [2.24, 2.45) is 0 Å². The van der Waals surface area contributed by atoms with Crippen LogP contribution in [0.25, 0.3) is 0 Å². The molecular weight excluding hydrogens is 382 g/mol. The van der Waals surface area contributed by atoms with Crippen LogP contribution in [0.4, 0.5) is 4.39 Å². The quantitative estimate of drug-likeness (QED) is 0.677. The second-order valence-corrected chi connectivity index (χ2v) is 3.55. The fourth-order valence-corrected chi connectivity index (χ4v) is 2.76. The van der Waals surface area contributed by atoms with Gasteiger partial charge in [-0.1, -0.05) is 0 Å². The van der Waals surface area contributed by atoms with Crippen LogP contribution in [-0.2, 0) is 0 Å². The molecule has 56 valence electrons. The van der Waals surface area contributed by atoms with Crippen molar-refractivity contribution in [1.29, 1.82) is 0 Å². The van der Waals surface area contributed by atoms with Crippen LogP contribution in [0.1, 0.15) is 0 Å². The summed E-state index contributed by atoms with van der Waals surface area (Å²) in [5.41, 5.74) is 0. The molecule has 0 saturated heterocycles. The average molecular weight is 384 g/mol. The van der Waals surface area contributed by atoms with E-state index < -0.39 is 5.82 Å². The molecule has 0 saturated carbocycles. The average Bonchev–Trinajstić information content (AvgIpc) is 1.85. The monoisotopic (exact) mass is 384 g/mol. The number of hydrogen-bond donors (Lipinski definition) is 0. The van der Waals surface area contributed by atoms with Gasteiger partial charge in [0.25, 0.3) is 0 Å². The summed E-state index contributed by atoms with van der Waals surface area (Å²) in [5, 5.41) is 0.440. The summed E-state index contributed by atoms with van der Waals surface area (Å²) >= 11 is 11.5. The van der Waals surface area contributed by atoms with Gasteiger partial charge in [0.2, 0.25) is 0 Å². The fourth-order valence-electron chi connectivity index (χ4n) is 0.642. The number of benzene rings is 1. The summed E-state index contributed by atoms with van der Waals surface area (Å²) in [5.74, 6) is -0.0782. The molecule has 0 radical (unpaired) electrons. The van der Waals surface area contributed by atoms with Crippen LogP contribution < -0.4 is 2.69 Å². The molecule has 11 heavy (non-hydrogen) atoms. The second-order valence-electron chi connectivity index (χ2n) is 1.82. The molecule has 0 aromatic heterocycles. The van der Waals surface area contributed by atoms with Gasteiger partial charge in [0.15, 0.2) is 0 Å². The Morgan fingerprint density at radius 3 is 2.09 bits per heavy atom. The Bertz CT molecular complexity index is 256. The minimum absolute atomic E-state index is 0.220. The first kappa shape index (κ1) is 9.54. The first-order chi connectivity index (χ1) is 5.15. The maximum atomic E-state index is 12.5. The van der Waals surface area contributed by atoms with Crippen molar-refractivity contribution < 1.29 is 7.08 Å². The number of rotatable bonds is 1. The van der Waals surface area contributed by atoms with Gasteiger partial charge in [-0.15, -0.1) is 0 Å². The zero-order valence-electron chi connectivity index (χ0n) is 5.27. The Hall–Kier alpha value is 0.452. The van der Waals surface area contributed by atoms with E-state index in [1.807, 2.05) is 0 Å². The van der Waals surface area contributed by atoms with Crippen LogP contribution in [0, 0.1) is 5.82 Å². The molecule has 0 amide bonds.